The van der Waals surface area contributed by atoms with Crippen LogP contribution in [0.5, 0.6) is 11.5 Å². The number of fused-ring (bicyclic) bond motifs is 1. The van der Waals surface area contributed by atoms with E-state index in [0.717, 1.165) is 48.3 Å². The molecule has 1 aliphatic carbocycles. The molecule has 5 N–H and O–H groups in total. The van der Waals surface area contributed by atoms with Gasteiger partial charge < -0.3 is 26.0 Å². The highest BCUT2D eigenvalue weighted by Crippen LogP contribution is 2.42. The highest BCUT2D eigenvalue weighted by molar-refractivity contribution is 5.69. The number of hydrogen-bond donors (Lipinski definition) is 3. The summed E-state index contributed by atoms with van der Waals surface area (Å²) >= 11 is 0. The normalized spacial score (nSPS) is 24.7. The fourth-order valence-electron chi connectivity index (χ4n) is 3.99. The molecule has 0 unspecified atom stereocenters. The summed E-state index contributed by atoms with van der Waals surface area (Å²) in [5.74, 6) is 1.73. The summed E-state index contributed by atoms with van der Waals surface area (Å²) in [5.41, 5.74) is 16.5. The lowest BCUT2D eigenvalue weighted by molar-refractivity contribution is 0.174. The Morgan fingerprint density at radius 2 is 1.92 bits per heavy atom. The summed E-state index contributed by atoms with van der Waals surface area (Å²) < 4.78 is 10.8. The summed E-state index contributed by atoms with van der Waals surface area (Å²) in [7, 11) is 0. The Morgan fingerprint density at radius 1 is 1.19 bits per heavy atom. The minimum absolute atomic E-state index is 0.107. The number of rotatable bonds is 3. The van der Waals surface area contributed by atoms with E-state index >= 15 is 0 Å². The first kappa shape index (κ1) is 17.1. The number of nitrogen functional groups attached to an aromatic ring is 1. The van der Waals surface area contributed by atoms with Gasteiger partial charge in [0.2, 0.25) is 6.79 Å². The van der Waals surface area contributed by atoms with E-state index in [0.29, 0.717) is 23.0 Å². The van der Waals surface area contributed by atoms with Crippen molar-refractivity contribution in [2.75, 3.05) is 12.5 Å². The molecule has 1 aromatic heterocycles. The van der Waals surface area contributed by atoms with Crippen molar-refractivity contribution in [3.05, 3.63) is 35.5 Å². The molecule has 0 saturated heterocycles. The number of nitrogens with zero attached hydrogens (tertiary/aromatic N) is 1. The van der Waals surface area contributed by atoms with Gasteiger partial charge in [-0.3, -0.25) is 0 Å². The summed E-state index contributed by atoms with van der Waals surface area (Å²) in [5, 5.41) is 9.91. The Labute approximate surface area is 153 Å². The molecule has 1 saturated carbocycles. The SMILES string of the molecule is CC1(N)CCC(c2c(N)cc(-c3ccc4c(c3)OCO4)nc2CO)CC1. The van der Waals surface area contributed by atoms with Crippen LogP contribution in [0.15, 0.2) is 24.3 Å². The molecule has 1 aliphatic heterocycles. The van der Waals surface area contributed by atoms with Gasteiger partial charge in [-0.2, -0.15) is 0 Å². The van der Waals surface area contributed by atoms with Crippen molar-refractivity contribution in [3.8, 4) is 22.8 Å². The maximum absolute atomic E-state index is 9.91. The van der Waals surface area contributed by atoms with E-state index < -0.39 is 0 Å². The second-order valence-electron chi connectivity index (χ2n) is 7.61. The molecule has 6 heteroatoms. The monoisotopic (exact) mass is 355 g/mol. The lowest BCUT2D eigenvalue weighted by atomic mass is 9.75. The average molecular weight is 355 g/mol. The molecular weight excluding hydrogens is 330 g/mol. The standard InChI is InChI=1S/C20H25N3O3/c1-20(22)6-4-12(5-7-20)19-14(21)9-15(23-16(19)10-24)13-2-3-17-18(8-13)26-11-25-17/h2-3,8-9,12,24H,4-7,10-11,22H2,1H3,(H2,21,23). The zero-order valence-electron chi connectivity index (χ0n) is 15.0. The van der Waals surface area contributed by atoms with Crippen LogP contribution in [0.3, 0.4) is 0 Å². The molecule has 1 fully saturated rings. The number of anilines is 1. The zero-order chi connectivity index (χ0) is 18.3. The van der Waals surface area contributed by atoms with Crippen LogP contribution in [0.2, 0.25) is 0 Å². The number of pyridine rings is 1. The van der Waals surface area contributed by atoms with Crippen molar-refractivity contribution in [1.29, 1.82) is 0 Å². The van der Waals surface area contributed by atoms with Crippen molar-refractivity contribution < 1.29 is 14.6 Å². The summed E-state index contributed by atoms with van der Waals surface area (Å²) in [6.45, 7) is 2.20. The van der Waals surface area contributed by atoms with Crippen molar-refractivity contribution >= 4 is 5.69 Å². The van der Waals surface area contributed by atoms with Gasteiger partial charge >= 0.3 is 0 Å². The van der Waals surface area contributed by atoms with E-state index in [-0.39, 0.29) is 18.9 Å². The van der Waals surface area contributed by atoms with E-state index in [1.807, 2.05) is 24.3 Å². The molecule has 1 aromatic carbocycles. The second kappa shape index (κ2) is 6.45. The Balaban J connectivity index is 1.68. The van der Waals surface area contributed by atoms with Gasteiger partial charge in [0.15, 0.2) is 11.5 Å². The zero-order valence-corrected chi connectivity index (χ0v) is 15.0. The van der Waals surface area contributed by atoms with E-state index in [1.165, 1.54) is 0 Å². The lowest BCUT2D eigenvalue weighted by Crippen LogP contribution is -2.39. The van der Waals surface area contributed by atoms with Crippen LogP contribution in [0.25, 0.3) is 11.3 Å². The van der Waals surface area contributed by atoms with Gasteiger partial charge in [0, 0.05) is 22.4 Å². The van der Waals surface area contributed by atoms with Crippen LogP contribution in [-0.2, 0) is 6.61 Å². The van der Waals surface area contributed by atoms with Crippen molar-refractivity contribution in [2.24, 2.45) is 5.73 Å². The Kier molecular flexibility index (Phi) is 4.25. The maximum atomic E-state index is 9.91. The lowest BCUT2D eigenvalue weighted by Gasteiger charge is -2.35. The van der Waals surface area contributed by atoms with Crippen LogP contribution in [0, 0.1) is 0 Å². The first-order valence-electron chi connectivity index (χ1n) is 9.06. The third kappa shape index (κ3) is 3.10. The summed E-state index contributed by atoms with van der Waals surface area (Å²) in [4.78, 5) is 4.70. The molecule has 0 bridgehead atoms. The predicted molar refractivity (Wildman–Crippen MR) is 99.9 cm³/mol. The Bertz CT molecular complexity index is 825. The molecule has 6 nitrogen and oxygen atoms in total. The number of aliphatic hydroxyl groups excluding tert-OH is 1. The minimum Gasteiger partial charge on any atom is -0.454 e. The largest absolute Gasteiger partial charge is 0.454 e. The number of benzene rings is 1. The van der Waals surface area contributed by atoms with Gasteiger partial charge in [-0.15, -0.1) is 0 Å². The minimum atomic E-state index is -0.131. The fraction of sp³-hybridized carbons (Fsp3) is 0.450. The average Bonchev–Trinajstić information content (AvgIpc) is 3.09. The van der Waals surface area contributed by atoms with Crippen molar-refractivity contribution in [3.63, 3.8) is 0 Å². The molecule has 0 radical (unpaired) electrons. The summed E-state index contributed by atoms with van der Waals surface area (Å²) in [6, 6.07) is 7.58. The third-order valence-electron chi connectivity index (χ3n) is 5.52. The number of ether oxygens (including phenoxy) is 2. The maximum Gasteiger partial charge on any atom is 0.231 e. The molecule has 138 valence electrons. The third-order valence-corrected chi connectivity index (χ3v) is 5.52. The van der Waals surface area contributed by atoms with Crippen LogP contribution in [0.1, 0.15) is 49.8 Å². The Morgan fingerprint density at radius 3 is 2.65 bits per heavy atom. The second-order valence-corrected chi connectivity index (χ2v) is 7.61. The smallest absolute Gasteiger partial charge is 0.231 e. The van der Waals surface area contributed by atoms with Gasteiger partial charge in [0.05, 0.1) is 18.0 Å². The molecular formula is C20H25N3O3. The van der Waals surface area contributed by atoms with Gasteiger partial charge in [-0.25, -0.2) is 4.98 Å². The number of hydrogen-bond acceptors (Lipinski definition) is 6. The van der Waals surface area contributed by atoms with Crippen LogP contribution < -0.4 is 20.9 Å². The van der Waals surface area contributed by atoms with Gasteiger partial charge in [0.25, 0.3) is 0 Å². The number of aromatic nitrogens is 1. The Hall–Kier alpha value is -2.31. The van der Waals surface area contributed by atoms with Crippen molar-refractivity contribution in [2.45, 2.75) is 50.7 Å². The van der Waals surface area contributed by atoms with Crippen LogP contribution in [-0.4, -0.2) is 22.4 Å². The van der Waals surface area contributed by atoms with Gasteiger partial charge in [-0.05, 0) is 62.8 Å². The first-order valence-corrected chi connectivity index (χ1v) is 9.06. The summed E-state index contributed by atoms with van der Waals surface area (Å²) in [6.07, 6.45) is 3.84. The highest BCUT2D eigenvalue weighted by Gasteiger charge is 2.30. The number of nitrogens with two attached hydrogens (primary N) is 2. The molecule has 2 aliphatic rings. The molecule has 2 aromatic rings. The molecule has 0 atom stereocenters. The van der Waals surface area contributed by atoms with E-state index in [1.54, 1.807) is 0 Å². The fourth-order valence-corrected chi connectivity index (χ4v) is 3.99. The molecule has 0 amide bonds. The van der Waals surface area contributed by atoms with Crippen LogP contribution >= 0.6 is 0 Å². The quantitative estimate of drug-likeness (QED) is 0.782. The topological polar surface area (TPSA) is 104 Å². The van der Waals surface area contributed by atoms with Crippen LogP contribution in [0.4, 0.5) is 5.69 Å². The highest BCUT2D eigenvalue weighted by atomic mass is 16.7. The van der Waals surface area contributed by atoms with Crippen molar-refractivity contribution in [1.82, 2.24) is 4.98 Å². The van der Waals surface area contributed by atoms with Gasteiger partial charge in [-0.1, -0.05) is 0 Å². The van der Waals surface area contributed by atoms with E-state index in [9.17, 15) is 5.11 Å². The number of aliphatic hydroxyl groups is 1. The molecule has 26 heavy (non-hydrogen) atoms. The first-order chi connectivity index (χ1) is 12.5. The predicted octanol–water partition coefficient (Wildman–Crippen LogP) is 2.93. The molecule has 4 rings (SSSR count). The molecule has 0 spiro atoms. The molecule has 2 heterocycles. The van der Waals surface area contributed by atoms with E-state index in [4.69, 9.17) is 25.9 Å². The van der Waals surface area contributed by atoms with E-state index in [2.05, 4.69) is 6.92 Å². The van der Waals surface area contributed by atoms with Gasteiger partial charge in [0.1, 0.15) is 0 Å².